The summed E-state index contributed by atoms with van der Waals surface area (Å²) in [5.41, 5.74) is 0.769. The van der Waals surface area contributed by atoms with Crippen molar-refractivity contribution in [2.45, 2.75) is 0 Å². The van der Waals surface area contributed by atoms with Crippen LogP contribution < -0.4 is 0 Å². The molecule has 6 nitrogen and oxygen atoms in total. The Morgan fingerprint density at radius 2 is 1.77 bits per heavy atom. The average molecular weight is 295 g/mol. The molecule has 3 aromatic rings. The minimum Gasteiger partial charge on any atom is -0.351 e. The molecule has 1 N–H and O–H groups in total. The zero-order valence-corrected chi connectivity index (χ0v) is 11.5. The number of nitrogens with one attached hydrogen (secondary N) is 1. The Bertz CT molecular complexity index is 723. The molecule has 0 bridgehead atoms. The molecule has 22 heavy (non-hydrogen) atoms. The van der Waals surface area contributed by atoms with Gasteiger partial charge in [0, 0.05) is 35.7 Å². The van der Waals surface area contributed by atoms with E-state index in [1.165, 1.54) is 18.2 Å². The molecule has 0 aliphatic carbocycles. The lowest BCUT2D eigenvalue weighted by Gasteiger charge is -2.00. The number of hydrogen-bond donors (Lipinski definition) is 1. The Kier molecular flexibility index (Phi) is 5.15. The second-order valence-corrected chi connectivity index (χ2v) is 4.26. The van der Waals surface area contributed by atoms with Crippen molar-refractivity contribution in [3.8, 4) is 0 Å². The second kappa shape index (κ2) is 7.49. The molecule has 3 rings (SSSR count). The van der Waals surface area contributed by atoms with Gasteiger partial charge in [0.2, 0.25) is 0 Å². The molecule has 6 heteroatoms. The molecule has 0 aliphatic heterocycles. The van der Waals surface area contributed by atoms with Gasteiger partial charge in [0.05, 0.1) is 11.3 Å². The number of imidazole rings is 1. The van der Waals surface area contributed by atoms with Gasteiger partial charge in [0.1, 0.15) is 0 Å². The number of non-ortho nitro benzene ring substituents is 1. The number of aromatic amines is 1. The van der Waals surface area contributed by atoms with E-state index in [4.69, 9.17) is 0 Å². The maximum Gasteiger partial charge on any atom is 0.270 e. The van der Waals surface area contributed by atoms with Crippen molar-refractivity contribution in [2.24, 2.45) is 0 Å². The first-order valence-electron chi connectivity index (χ1n) is 6.45. The third kappa shape index (κ3) is 4.11. The van der Waals surface area contributed by atoms with Gasteiger partial charge in [-0.2, -0.15) is 0 Å². The van der Waals surface area contributed by atoms with Gasteiger partial charge in [-0.3, -0.25) is 14.9 Å². The molecule has 1 aromatic heterocycles. The van der Waals surface area contributed by atoms with Gasteiger partial charge in [0.25, 0.3) is 5.69 Å². The topological polar surface area (TPSA) is 88.9 Å². The van der Waals surface area contributed by atoms with E-state index >= 15 is 0 Å². The highest BCUT2D eigenvalue weighted by Gasteiger charge is 2.12. The summed E-state index contributed by atoms with van der Waals surface area (Å²) in [5, 5.41) is 10.6. The molecule has 1 heterocycles. The lowest BCUT2D eigenvalue weighted by atomic mass is 10.0. The Hall–Kier alpha value is -3.28. The van der Waals surface area contributed by atoms with Gasteiger partial charge in [-0.1, -0.05) is 42.5 Å². The highest BCUT2D eigenvalue weighted by Crippen LogP contribution is 2.16. The van der Waals surface area contributed by atoms with Gasteiger partial charge in [-0.25, -0.2) is 4.98 Å². The van der Waals surface area contributed by atoms with Crippen LogP contribution in [0.3, 0.4) is 0 Å². The summed E-state index contributed by atoms with van der Waals surface area (Å²) in [6, 6.07) is 14.4. The number of H-pyrrole nitrogens is 1. The van der Waals surface area contributed by atoms with Gasteiger partial charge in [-0.15, -0.1) is 0 Å². The molecule has 2 aromatic carbocycles. The first-order chi connectivity index (χ1) is 10.7. The van der Waals surface area contributed by atoms with Crippen LogP contribution in [0, 0.1) is 10.1 Å². The summed E-state index contributed by atoms with van der Waals surface area (Å²) >= 11 is 0. The molecule has 0 saturated carbocycles. The van der Waals surface area contributed by atoms with E-state index in [9.17, 15) is 14.9 Å². The summed E-state index contributed by atoms with van der Waals surface area (Å²) < 4.78 is 0. The summed E-state index contributed by atoms with van der Waals surface area (Å²) in [5.74, 6) is -0.214. The number of carbonyl (C=O) groups is 1. The van der Waals surface area contributed by atoms with Crippen LogP contribution in [0.4, 0.5) is 5.69 Å². The van der Waals surface area contributed by atoms with E-state index in [2.05, 4.69) is 9.97 Å². The van der Waals surface area contributed by atoms with E-state index < -0.39 is 4.92 Å². The molecular formula is C16H13N3O3. The zero-order valence-electron chi connectivity index (χ0n) is 11.5. The summed E-state index contributed by atoms with van der Waals surface area (Å²) in [4.78, 5) is 28.5. The van der Waals surface area contributed by atoms with Crippen molar-refractivity contribution in [2.75, 3.05) is 0 Å². The predicted octanol–water partition coefficient (Wildman–Crippen LogP) is 3.24. The van der Waals surface area contributed by atoms with Crippen molar-refractivity contribution in [1.82, 2.24) is 9.97 Å². The maximum atomic E-state index is 12.0. The number of aromatic nitrogens is 2. The Morgan fingerprint density at radius 3 is 2.32 bits per heavy atom. The molecule has 0 atom stereocenters. The average Bonchev–Trinajstić information content (AvgIpc) is 3.15. The first kappa shape index (κ1) is 15.1. The predicted molar refractivity (Wildman–Crippen MR) is 81.6 cm³/mol. The summed E-state index contributed by atoms with van der Waals surface area (Å²) in [6.07, 6.45) is 5.08. The Balaban J connectivity index is 0.000000299. The Morgan fingerprint density at radius 1 is 1.05 bits per heavy atom. The molecule has 110 valence electrons. The smallest absolute Gasteiger partial charge is 0.270 e. The number of benzene rings is 2. The number of carbonyl (C=O) groups excluding carboxylic acids is 1. The highest BCUT2D eigenvalue weighted by atomic mass is 16.6. The number of ketones is 1. The third-order valence-corrected chi connectivity index (χ3v) is 2.76. The van der Waals surface area contributed by atoms with E-state index in [1.54, 1.807) is 49.1 Å². The van der Waals surface area contributed by atoms with Crippen LogP contribution in [0.2, 0.25) is 0 Å². The van der Waals surface area contributed by atoms with Gasteiger partial charge in [0.15, 0.2) is 5.78 Å². The van der Waals surface area contributed by atoms with Crippen molar-refractivity contribution in [1.29, 1.82) is 0 Å². The van der Waals surface area contributed by atoms with Crippen LogP contribution in [0.5, 0.6) is 0 Å². The fourth-order valence-corrected chi connectivity index (χ4v) is 1.73. The summed E-state index contributed by atoms with van der Waals surface area (Å²) in [7, 11) is 0. The molecule has 0 unspecified atom stereocenters. The first-order valence-corrected chi connectivity index (χ1v) is 6.45. The number of nitro groups is 1. The number of rotatable bonds is 3. The van der Waals surface area contributed by atoms with Crippen molar-refractivity contribution in [3.63, 3.8) is 0 Å². The normalized spacial score (nSPS) is 9.45. The van der Waals surface area contributed by atoms with E-state index in [-0.39, 0.29) is 11.5 Å². The number of nitro benzene ring substituents is 1. The van der Waals surface area contributed by atoms with Gasteiger partial charge in [-0.05, 0) is 0 Å². The van der Waals surface area contributed by atoms with Crippen LogP contribution in [0.25, 0.3) is 0 Å². The standard InChI is InChI=1S/C13H9NO3.C3H4N2/c15-13(10-5-2-1-3-6-10)11-7-4-8-12(9-11)14(16)17;1-2-5-3-4-1/h1-9H;1-3H,(H,4,5). The van der Waals surface area contributed by atoms with Crippen molar-refractivity contribution < 1.29 is 9.72 Å². The zero-order chi connectivity index (χ0) is 15.8. The second-order valence-electron chi connectivity index (χ2n) is 4.26. The minimum atomic E-state index is -0.512. The minimum absolute atomic E-state index is 0.0771. The molecule has 0 spiro atoms. The summed E-state index contributed by atoms with van der Waals surface area (Å²) in [6.45, 7) is 0. The SMILES string of the molecule is O=C(c1ccccc1)c1cccc([N+](=O)[O-])c1.c1c[nH]cn1. The quantitative estimate of drug-likeness (QED) is 0.456. The molecular weight excluding hydrogens is 282 g/mol. The Labute approximate surface area is 126 Å². The monoisotopic (exact) mass is 295 g/mol. The van der Waals surface area contributed by atoms with Crippen molar-refractivity contribution in [3.05, 3.63) is 94.6 Å². The third-order valence-electron chi connectivity index (χ3n) is 2.76. The molecule has 0 aliphatic rings. The van der Waals surface area contributed by atoms with Crippen molar-refractivity contribution >= 4 is 11.5 Å². The molecule has 0 radical (unpaired) electrons. The lowest BCUT2D eigenvalue weighted by Crippen LogP contribution is -2.01. The van der Waals surface area contributed by atoms with Crippen LogP contribution in [-0.2, 0) is 0 Å². The van der Waals surface area contributed by atoms with E-state index in [0.29, 0.717) is 11.1 Å². The molecule has 0 fully saturated rings. The van der Waals surface area contributed by atoms with Gasteiger partial charge < -0.3 is 4.98 Å². The lowest BCUT2D eigenvalue weighted by molar-refractivity contribution is -0.384. The maximum absolute atomic E-state index is 12.0. The fourth-order valence-electron chi connectivity index (χ4n) is 1.73. The fraction of sp³-hybridized carbons (Fsp3) is 0. The van der Waals surface area contributed by atoms with Crippen LogP contribution >= 0.6 is 0 Å². The van der Waals surface area contributed by atoms with E-state index in [0.717, 1.165) is 0 Å². The van der Waals surface area contributed by atoms with Crippen LogP contribution in [0.1, 0.15) is 15.9 Å². The van der Waals surface area contributed by atoms with E-state index in [1.807, 2.05) is 6.07 Å². The van der Waals surface area contributed by atoms with Crippen LogP contribution in [0.15, 0.2) is 73.3 Å². The van der Waals surface area contributed by atoms with Gasteiger partial charge >= 0.3 is 0 Å². The molecule has 0 amide bonds. The molecule has 0 saturated heterocycles. The largest absolute Gasteiger partial charge is 0.351 e. The number of nitrogens with zero attached hydrogens (tertiary/aromatic N) is 2. The number of hydrogen-bond acceptors (Lipinski definition) is 4. The highest BCUT2D eigenvalue weighted by molar-refractivity contribution is 6.09. The van der Waals surface area contributed by atoms with Crippen LogP contribution in [-0.4, -0.2) is 20.7 Å².